The molecule has 0 spiro atoms. The summed E-state index contributed by atoms with van der Waals surface area (Å²) in [7, 11) is -0.0927. The number of nitrogens with zero attached hydrogens (tertiary/aromatic N) is 2. The van der Waals surface area contributed by atoms with Crippen molar-refractivity contribution in [1.29, 1.82) is 0 Å². The van der Waals surface area contributed by atoms with Crippen molar-refractivity contribution < 1.29 is 31.9 Å². The van der Waals surface area contributed by atoms with E-state index in [1.54, 1.807) is 0 Å². The van der Waals surface area contributed by atoms with Gasteiger partial charge >= 0.3 is 0 Å². The first kappa shape index (κ1) is 29.7. The van der Waals surface area contributed by atoms with Crippen molar-refractivity contribution in [3.05, 3.63) is 83.1 Å². The molecular weight excluding hydrogens is 549 g/mol. The van der Waals surface area contributed by atoms with Gasteiger partial charge in [-0.2, -0.15) is 0 Å². The Balaban J connectivity index is 2.06. The largest absolute Gasteiger partial charge is 0.493 e. The third kappa shape index (κ3) is 6.98. The van der Waals surface area contributed by atoms with E-state index in [0.717, 1.165) is 4.31 Å². The molecule has 1 unspecified atom stereocenters. The molecule has 1 atom stereocenters. The van der Waals surface area contributed by atoms with Gasteiger partial charge < -0.3 is 19.7 Å². The van der Waals surface area contributed by atoms with Gasteiger partial charge in [-0.15, -0.1) is 0 Å². The van der Waals surface area contributed by atoms with E-state index in [1.807, 2.05) is 0 Å². The Morgan fingerprint density at radius 1 is 0.974 bits per heavy atom. The van der Waals surface area contributed by atoms with E-state index in [0.29, 0.717) is 16.3 Å². The number of hydrogen-bond acceptors (Lipinski definition) is 6. The highest BCUT2D eigenvalue weighted by atomic mass is 35.5. The zero-order valence-electron chi connectivity index (χ0n) is 21.9. The number of halogens is 2. The summed E-state index contributed by atoms with van der Waals surface area (Å²) in [5.74, 6) is -1.05. The Bertz CT molecular complexity index is 1420. The van der Waals surface area contributed by atoms with E-state index < -0.39 is 40.2 Å². The topological polar surface area (TPSA) is 105 Å². The van der Waals surface area contributed by atoms with Crippen molar-refractivity contribution in [2.24, 2.45) is 0 Å². The van der Waals surface area contributed by atoms with Crippen molar-refractivity contribution in [3.63, 3.8) is 0 Å². The Morgan fingerprint density at radius 2 is 1.59 bits per heavy atom. The zero-order chi connectivity index (χ0) is 28.7. The molecule has 12 heteroatoms. The lowest BCUT2D eigenvalue weighted by Gasteiger charge is -2.31. The summed E-state index contributed by atoms with van der Waals surface area (Å²) in [5.41, 5.74) is 0.734. The molecule has 3 aromatic rings. The summed E-state index contributed by atoms with van der Waals surface area (Å²) < 4.78 is 52.7. The minimum Gasteiger partial charge on any atom is -0.493 e. The van der Waals surface area contributed by atoms with Gasteiger partial charge in [0.2, 0.25) is 11.8 Å². The lowest BCUT2D eigenvalue weighted by Crippen LogP contribution is -2.50. The van der Waals surface area contributed by atoms with Gasteiger partial charge in [-0.3, -0.25) is 13.9 Å². The zero-order valence-corrected chi connectivity index (χ0v) is 23.4. The second-order valence-electron chi connectivity index (χ2n) is 8.44. The van der Waals surface area contributed by atoms with Gasteiger partial charge in [0.1, 0.15) is 18.4 Å². The van der Waals surface area contributed by atoms with E-state index in [9.17, 15) is 22.4 Å². The van der Waals surface area contributed by atoms with Crippen LogP contribution in [0.3, 0.4) is 0 Å². The molecule has 0 aliphatic heterocycles. The molecule has 0 saturated heterocycles. The highest BCUT2D eigenvalue weighted by Crippen LogP contribution is 2.32. The Kier molecular flexibility index (Phi) is 9.76. The molecule has 3 rings (SSSR count). The molecule has 0 heterocycles. The van der Waals surface area contributed by atoms with Crippen LogP contribution in [-0.4, -0.2) is 59.0 Å². The molecule has 0 saturated carbocycles. The van der Waals surface area contributed by atoms with Crippen LogP contribution in [0.2, 0.25) is 5.02 Å². The fourth-order valence-electron chi connectivity index (χ4n) is 3.82. The van der Waals surface area contributed by atoms with Gasteiger partial charge in [0.25, 0.3) is 10.0 Å². The van der Waals surface area contributed by atoms with Crippen LogP contribution in [0.1, 0.15) is 12.5 Å². The van der Waals surface area contributed by atoms with Crippen LogP contribution < -0.4 is 19.1 Å². The van der Waals surface area contributed by atoms with Crippen LogP contribution in [0, 0.1) is 5.82 Å². The third-order valence-corrected chi connectivity index (χ3v) is 8.04. The summed E-state index contributed by atoms with van der Waals surface area (Å²) in [6, 6.07) is 14.5. The highest BCUT2D eigenvalue weighted by Gasteiger charge is 2.32. The van der Waals surface area contributed by atoms with Crippen molar-refractivity contribution in [2.75, 3.05) is 32.1 Å². The predicted octanol–water partition coefficient (Wildman–Crippen LogP) is 3.85. The number of anilines is 1. The number of methoxy groups -OCH3 is 2. The second kappa shape index (κ2) is 12.8. The average molecular weight is 578 g/mol. The van der Waals surface area contributed by atoms with Crippen LogP contribution in [0.25, 0.3) is 0 Å². The SMILES string of the molecule is CNC(=O)C(C)N(Cc1ccc(F)cc1)C(=O)CN(c1ccc(Cl)cc1)S(=O)(=O)c1ccc(OC)c(OC)c1. The van der Waals surface area contributed by atoms with E-state index in [4.69, 9.17) is 21.1 Å². The third-order valence-electron chi connectivity index (χ3n) is 6.02. The van der Waals surface area contributed by atoms with Crippen molar-refractivity contribution in [2.45, 2.75) is 24.4 Å². The van der Waals surface area contributed by atoms with Crippen LogP contribution in [-0.2, 0) is 26.2 Å². The normalized spacial score (nSPS) is 11.8. The molecule has 0 fully saturated rings. The minimum absolute atomic E-state index is 0.0570. The average Bonchev–Trinajstić information content (AvgIpc) is 2.94. The second-order valence-corrected chi connectivity index (χ2v) is 10.7. The molecule has 3 aromatic carbocycles. The van der Waals surface area contributed by atoms with Gasteiger partial charge in [0.05, 0.1) is 24.8 Å². The molecular formula is C27H29ClFN3O6S. The van der Waals surface area contributed by atoms with E-state index in [-0.39, 0.29) is 22.9 Å². The van der Waals surface area contributed by atoms with Crippen molar-refractivity contribution >= 4 is 39.1 Å². The molecule has 0 aliphatic rings. The van der Waals surface area contributed by atoms with Gasteiger partial charge in [-0.05, 0) is 61.0 Å². The first-order valence-electron chi connectivity index (χ1n) is 11.8. The number of ether oxygens (including phenoxy) is 2. The maximum Gasteiger partial charge on any atom is 0.264 e. The van der Waals surface area contributed by atoms with Gasteiger partial charge in [0.15, 0.2) is 11.5 Å². The number of rotatable bonds is 11. The number of likely N-dealkylation sites (N-methyl/N-ethyl adjacent to an activating group) is 1. The van der Waals surface area contributed by atoms with Crippen LogP contribution in [0.15, 0.2) is 71.6 Å². The molecule has 0 aromatic heterocycles. The summed E-state index contributed by atoms with van der Waals surface area (Å²) in [5, 5.41) is 2.88. The number of carbonyl (C=O) groups excluding carboxylic acids is 2. The minimum atomic E-state index is -4.33. The van der Waals surface area contributed by atoms with Crippen LogP contribution >= 0.6 is 11.6 Å². The number of sulfonamides is 1. The fourth-order valence-corrected chi connectivity index (χ4v) is 5.37. The maximum absolute atomic E-state index is 13.9. The van der Waals surface area contributed by atoms with Crippen LogP contribution in [0.5, 0.6) is 11.5 Å². The molecule has 9 nitrogen and oxygen atoms in total. The summed E-state index contributed by atoms with van der Waals surface area (Å²) in [4.78, 5) is 27.3. The quantitative estimate of drug-likeness (QED) is 0.371. The van der Waals surface area contributed by atoms with E-state index >= 15 is 0 Å². The van der Waals surface area contributed by atoms with Gasteiger partial charge in [0, 0.05) is 24.7 Å². The maximum atomic E-state index is 13.9. The fraction of sp³-hybridized carbons (Fsp3) is 0.259. The van der Waals surface area contributed by atoms with Crippen molar-refractivity contribution in [1.82, 2.24) is 10.2 Å². The molecule has 0 aliphatic carbocycles. The lowest BCUT2D eigenvalue weighted by atomic mass is 10.1. The first-order valence-corrected chi connectivity index (χ1v) is 13.6. The molecule has 39 heavy (non-hydrogen) atoms. The number of hydrogen-bond donors (Lipinski definition) is 1. The number of benzene rings is 3. The van der Waals surface area contributed by atoms with Gasteiger partial charge in [-0.25, -0.2) is 12.8 Å². The number of nitrogens with one attached hydrogen (secondary N) is 1. The lowest BCUT2D eigenvalue weighted by molar-refractivity contribution is -0.139. The Hall–Kier alpha value is -3.83. The predicted molar refractivity (Wildman–Crippen MR) is 146 cm³/mol. The monoisotopic (exact) mass is 577 g/mol. The standard InChI is InChI=1S/C27H29ClFN3O6S/c1-18(27(34)30-2)31(16-19-5-9-21(29)10-6-19)26(33)17-32(22-11-7-20(28)8-12-22)39(35,36)23-13-14-24(37-3)25(15-23)38-4/h5-15,18H,16-17H2,1-4H3,(H,30,34). The van der Waals surface area contributed by atoms with Crippen LogP contribution in [0.4, 0.5) is 10.1 Å². The molecule has 1 N–H and O–H groups in total. The number of amides is 2. The van der Waals surface area contributed by atoms with Gasteiger partial charge in [-0.1, -0.05) is 23.7 Å². The first-order chi connectivity index (χ1) is 18.5. The molecule has 0 bridgehead atoms. The molecule has 0 radical (unpaired) electrons. The Labute approximate surface area is 232 Å². The number of carbonyl (C=O) groups is 2. The van der Waals surface area contributed by atoms with E-state index in [2.05, 4.69) is 5.32 Å². The smallest absolute Gasteiger partial charge is 0.264 e. The Morgan fingerprint density at radius 3 is 2.15 bits per heavy atom. The summed E-state index contributed by atoms with van der Waals surface area (Å²) in [6.45, 7) is 0.828. The molecule has 208 valence electrons. The molecule has 2 amide bonds. The summed E-state index contributed by atoms with van der Waals surface area (Å²) >= 11 is 6.03. The summed E-state index contributed by atoms with van der Waals surface area (Å²) in [6.07, 6.45) is 0. The van der Waals surface area contributed by atoms with E-state index in [1.165, 1.54) is 99.8 Å². The highest BCUT2D eigenvalue weighted by molar-refractivity contribution is 7.92. The van der Waals surface area contributed by atoms with Crippen molar-refractivity contribution in [3.8, 4) is 11.5 Å².